The van der Waals surface area contributed by atoms with E-state index in [0.717, 1.165) is 11.1 Å². The van der Waals surface area contributed by atoms with Crippen LogP contribution < -0.4 is 5.43 Å². The van der Waals surface area contributed by atoms with E-state index in [1.807, 2.05) is 36.4 Å². The fraction of sp³-hybridized carbons (Fsp3) is 0. The van der Waals surface area contributed by atoms with Crippen LogP contribution in [0.4, 0.5) is 0 Å². The SMILES string of the molecule is O=c1c2ccccc2[nH]c2n[nH]c(-c3ccc(Cl)cc3)c12. The molecule has 0 aliphatic rings. The predicted octanol–water partition coefficient (Wildman–Crippen LogP) is 3.72. The molecule has 21 heavy (non-hydrogen) atoms. The van der Waals surface area contributed by atoms with E-state index in [1.165, 1.54) is 0 Å². The smallest absolute Gasteiger partial charge is 0.201 e. The van der Waals surface area contributed by atoms with Gasteiger partial charge < -0.3 is 4.98 Å². The lowest BCUT2D eigenvalue weighted by Crippen LogP contribution is -2.03. The molecule has 0 spiro atoms. The van der Waals surface area contributed by atoms with Gasteiger partial charge in [0.2, 0.25) is 5.43 Å². The number of pyridine rings is 1. The standard InChI is InChI=1S/C16H10ClN3O/c17-10-7-5-9(6-8-10)14-13-15(21)11-3-1-2-4-12(11)18-16(13)20-19-14/h1-8H,(H2,18,19,20,21). The van der Waals surface area contributed by atoms with Gasteiger partial charge in [0.05, 0.1) is 16.6 Å². The number of para-hydroxylation sites is 1. The molecule has 2 heterocycles. The van der Waals surface area contributed by atoms with E-state index in [2.05, 4.69) is 15.2 Å². The molecule has 0 saturated carbocycles. The third-order valence-electron chi connectivity index (χ3n) is 3.55. The van der Waals surface area contributed by atoms with Gasteiger partial charge in [-0.15, -0.1) is 0 Å². The van der Waals surface area contributed by atoms with Gasteiger partial charge in [-0.2, -0.15) is 5.10 Å². The van der Waals surface area contributed by atoms with Crippen molar-refractivity contribution in [1.29, 1.82) is 0 Å². The van der Waals surface area contributed by atoms with Crippen LogP contribution in [-0.4, -0.2) is 15.2 Å². The van der Waals surface area contributed by atoms with E-state index in [1.54, 1.807) is 12.1 Å². The molecule has 102 valence electrons. The third kappa shape index (κ3) is 1.84. The number of hydrogen-bond acceptors (Lipinski definition) is 2. The average Bonchev–Trinajstić information content (AvgIpc) is 2.92. The number of fused-ring (bicyclic) bond motifs is 2. The minimum absolute atomic E-state index is 0.0296. The van der Waals surface area contributed by atoms with Crippen LogP contribution in [0.15, 0.2) is 53.3 Å². The Balaban J connectivity index is 2.10. The molecular formula is C16H10ClN3O. The Morgan fingerprint density at radius 2 is 1.76 bits per heavy atom. The van der Waals surface area contributed by atoms with Crippen molar-refractivity contribution >= 4 is 33.5 Å². The first-order valence-corrected chi connectivity index (χ1v) is 6.87. The second-order valence-corrected chi connectivity index (χ2v) is 5.27. The van der Waals surface area contributed by atoms with Gasteiger partial charge >= 0.3 is 0 Å². The van der Waals surface area contributed by atoms with E-state index < -0.39 is 0 Å². The van der Waals surface area contributed by atoms with Crippen molar-refractivity contribution in [2.24, 2.45) is 0 Å². The molecule has 0 amide bonds. The van der Waals surface area contributed by atoms with Gasteiger partial charge in [-0.05, 0) is 24.3 Å². The number of aromatic nitrogens is 3. The van der Waals surface area contributed by atoms with Crippen molar-refractivity contribution in [2.75, 3.05) is 0 Å². The molecule has 2 N–H and O–H groups in total. The summed E-state index contributed by atoms with van der Waals surface area (Å²) >= 11 is 5.91. The summed E-state index contributed by atoms with van der Waals surface area (Å²) in [5.74, 6) is 0. The Kier molecular flexibility index (Phi) is 2.59. The van der Waals surface area contributed by atoms with Crippen LogP contribution in [0.2, 0.25) is 5.02 Å². The number of rotatable bonds is 1. The second-order valence-electron chi connectivity index (χ2n) is 4.83. The van der Waals surface area contributed by atoms with Gasteiger partial charge in [-0.1, -0.05) is 35.9 Å². The Morgan fingerprint density at radius 3 is 2.57 bits per heavy atom. The highest BCUT2D eigenvalue weighted by Crippen LogP contribution is 2.25. The lowest BCUT2D eigenvalue weighted by Gasteiger charge is -2.00. The van der Waals surface area contributed by atoms with Crippen LogP contribution in [0.5, 0.6) is 0 Å². The molecule has 0 atom stereocenters. The summed E-state index contributed by atoms with van der Waals surface area (Å²) in [6.07, 6.45) is 0. The maximum atomic E-state index is 12.7. The Labute approximate surface area is 124 Å². The molecule has 0 aliphatic heterocycles. The summed E-state index contributed by atoms with van der Waals surface area (Å²) < 4.78 is 0. The van der Waals surface area contributed by atoms with Gasteiger partial charge in [0.25, 0.3) is 0 Å². The molecule has 0 radical (unpaired) electrons. The topological polar surface area (TPSA) is 61.5 Å². The van der Waals surface area contributed by atoms with Crippen molar-refractivity contribution in [3.8, 4) is 11.3 Å². The van der Waals surface area contributed by atoms with Crippen molar-refractivity contribution in [3.63, 3.8) is 0 Å². The van der Waals surface area contributed by atoms with Crippen LogP contribution >= 0.6 is 11.6 Å². The van der Waals surface area contributed by atoms with Crippen molar-refractivity contribution in [1.82, 2.24) is 15.2 Å². The van der Waals surface area contributed by atoms with Gasteiger partial charge in [0.1, 0.15) is 0 Å². The van der Waals surface area contributed by atoms with Crippen molar-refractivity contribution in [3.05, 3.63) is 63.8 Å². The van der Waals surface area contributed by atoms with E-state index in [-0.39, 0.29) is 5.43 Å². The van der Waals surface area contributed by atoms with E-state index in [9.17, 15) is 4.79 Å². The van der Waals surface area contributed by atoms with Gasteiger partial charge in [0, 0.05) is 16.0 Å². The zero-order valence-electron chi connectivity index (χ0n) is 10.9. The molecule has 4 nitrogen and oxygen atoms in total. The number of aromatic amines is 2. The fourth-order valence-corrected chi connectivity index (χ4v) is 2.66. The normalized spacial score (nSPS) is 11.3. The molecule has 0 bridgehead atoms. The first-order chi connectivity index (χ1) is 10.2. The largest absolute Gasteiger partial charge is 0.338 e. The Hall–Kier alpha value is -2.59. The van der Waals surface area contributed by atoms with Crippen LogP contribution in [0.3, 0.4) is 0 Å². The molecule has 2 aromatic carbocycles. The van der Waals surface area contributed by atoms with Gasteiger partial charge in [0.15, 0.2) is 5.65 Å². The lowest BCUT2D eigenvalue weighted by molar-refractivity contribution is 1.11. The van der Waals surface area contributed by atoms with Crippen LogP contribution in [-0.2, 0) is 0 Å². The maximum absolute atomic E-state index is 12.7. The number of benzene rings is 2. The van der Waals surface area contributed by atoms with Crippen molar-refractivity contribution < 1.29 is 0 Å². The summed E-state index contributed by atoms with van der Waals surface area (Å²) in [4.78, 5) is 15.9. The molecule has 4 aromatic rings. The molecule has 4 rings (SSSR count). The molecule has 0 aliphatic carbocycles. The minimum atomic E-state index is -0.0296. The number of halogens is 1. The number of nitrogens with zero attached hydrogens (tertiary/aromatic N) is 1. The number of hydrogen-bond donors (Lipinski definition) is 2. The molecule has 0 unspecified atom stereocenters. The average molecular weight is 296 g/mol. The number of nitrogens with one attached hydrogen (secondary N) is 2. The molecule has 0 saturated heterocycles. The summed E-state index contributed by atoms with van der Waals surface area (Å²) in [6, 6.07) is 14.7. The minimum Gasteiger partial charge on any atom is -0.338 e. The second kappa shape index (κ2) is 4.46. The maximum Gasteiger partial charge on any atom is 0.201 e. The molecular weight excluding hydrogens is 286 g/mol. The monoisotopic (exact) mass is 295 g/mol. The zero-order valence-corrected chi connectivity index (χ0v) is 11.6. The zero-order chi connectivity index (χ0) is 14.4. The Bertz CT molecular complexity index is 1020. The summed E-state index contributed by atoms with van der Waals surface area (Å²) in [5, 5.41) is 9.03. The number of H-pyrrole nitrogens is 2. The van der Waals surface area contributed by atoms with Gasteiger partial charge in [-0.3, -0.25) is 9.89 Å². The third-order valence-corrected chi connectivity index (χ3v) is 3.80. The highest BCUT2D eigenvalue weighted by Gasteiger charge is 2.13. The van der Waals surface area contributed by atoms with Gasteiger partial charge in [-0.25, -0.2) is 0 Å². The van der Waals surface area contributed by atoms with Crippen molar-refractivity contribution in [2.45, 2.75) is 0 Å². The highest BCUT2D eigenvalue weighted by atomic mass is 35.5. The quantitative estimate of drug-likeness (QED) is 0.562. The van der Waals surface area contributed by atoms with Crippen LogP contribution in [0, 0.1) is 0 Å². The fourth-order valence-electron chi connectivity index (χ4n) is 2.53. The van der Waals surface area contributed by atoms with E-state index in [4.69, 9.17) is 11.6 Å². The summed E-state index contributed by atoms with van der Waals surface area (Å²) in [5.41, 5.74) is 2.89. The predicted molar refractivity (Wildman–Crippen MR) is 84.7 cm³/mol. The highest BCUT2D eigenvalue weighted by molar-refractivity contribution is 6.30. The lowest BCUT2D eigenvalue weighted by atomic mass is 10.1. The van der Waals surface area contributed by atoms with Crippen LogP contribution in [0.1, 0.15) is 0 Å². The summed E-state index contributed by atoms with van der Waals surface area (Å²) in [7, 11) is 0. The van der Waals surface area contributed by atoms with E-state index in [0.29, 0.717) is 27.1 Å². The first-order valence-electron chi connectivity index (χ1n) is 6.49. The summed E-state index contributed by atoms with van der Waals surface area (Å²) in [6.45, 7) is 0. The molecule has 0 fully saturated rings. The Morgan fingerprint density at radius 1 is 1.00 bits per heavy atom. The van der Waals surface area contributed by atoms with Crippen LogP contribution in [0.25, 0.3) is 33.2 Å². The molecule has 2 aromatic heterocycles. The van der Waals surface area contributed by atoms with E-state index >= 15 is 0 Å². The first kappa shape index (κ1) is 12.2. The molecule has 5 heteroatoms.